The molecule has 5 rings (SSSR count). The Balaban J connectivity index is 1.39. The van der Waals surface area contributed by atoms with Crippen LogP contribution in [0, 0.1) is 5.82 Å². The van der Waals surface area contributed by atoms with E-state index in [4.69, 9.17) is 14.2 Å². The topological polar surface area (TPSA) is 125 Å². The average Bonchev–Trinajstić information content (AvgIpc) is 2.98. The third-order valence-corrected chi connectivity index (χ3v) is 6.40. The van der Waals surface area contributed by atoms with Crippen molar-refractivity contribution in [3.63, 3.8) is 0 Å². The number of pyridine rings is 3. The van der Waals surface area contributed by atoms with E-state index in [0.717, 1.165) is 0 Å². The zero-order valence-electron chi connectivity index (χ0n) is 22.3. The second-order valence-electron chi connectivity index (χ2n) is 8.93. The van der Waals surface area contributed by atoms with Gasteiger partial charge in [-0.15, -0.1) is 0 Å². The Morgan fingerprint density at radius 2 is 1.76 bits per heavy atom. The number of rotatable bonds is 8. The molecule has 0 fully saturated rings. The summed E-state index contributed by atoms with van der Waals surface area (Å²) in [5.74, 6) is 0.526. The first-order valence-corrected chi connectivity index (χ1v) is 12.4. The fourth-order valence-electron chi connectivity index (χ4n) is 4.36. The lowest BCUT2D eigenvalue weighted by Gasteiger charge is -2.15. The number of aliphatic hydroxyl groups excluding tert-OH is 1. The molecule has 0 bridgehead atoms. The summed E-state index contributed by atoms with van der Waals surface area (Å²) in [7, 11) is 4.61. The van der Waals surface area contributed by atoms with Crippen LogP contribution in [-0.4, -0.2) is 39.8 Å². The maximum absolute atomic E-state index is 13.5. The van der Waals surface area contributed by atoms with E-state index in [1.807, 2.05) is 0 Å². The molecule has 41 heavy (non-hydrogen) atoms. The smallest absolute Gasteiger partial charge is 0.261 e. The summed E-state index contributed by atoms with van der Waals surface area (Å²) in [5.41, 5.74) is 1.54. The van der Waals surface area contributed by atoms with Gasteiger partial charge in [0, 0.05) is 37.3 Å². The molecule has 0 spiro atoms. The zero-order chi connectivity index (χ0) is 29.1. The minimum Gasteiger partial charge on any atom is -0.491 e. The number of anilines is 1. The third-order valence-electron chi connectivity index (χ3n) is 6.40. The van der Waals surface area contributed by atoms with Crippen LogP contribution >= 0.6 is 0 Å². The van der Waals surface area contributed by atoms with Gasteiger partial charge in [0.2, 0.25) is 5.43 Å². The number of fused-ring (bicyclic) bond motifs is 1. The second-order valence-corrected chi connectivity index (χ2v) is 8.93. The molecule has 11 heteroatoms. The highest BCUT2D eigenvalue weighted by Crippen LogP contribution is 2.34. The van der Waals surface area contributed by atoms with Gasteiger partial charge < -0.3 is 29.2 Å². The highest BCUT2D eigenvalue weighted by Gasteiger charge is 2.20. The van der Waals surface area contributed by atoms with E-state index in [1.54, 1.807) is 49.6 Å². The molecule has 1 amide bonds. The normalized spacial score (nSPS) is 10.9. The monoisotopic (exact) mass is 556 g/mol. The van der Waals surface area contributed by atoms with Gasteiger partial charge in [-0.05, 0) is 42.0 Å². The molecule has 5 aromatic rings. The first-order chi connectivity index (χ1) is 19.8. The number of amides is 1. The Morgan fingerprint density at radius 3 is 2.41 bits per heavy atom. The molecule has 0 radical (unpaired) electrons. The Kier molecular flexibility index (Phi) is 7.61. The molecule has 10 nitrogen and oxygen atoms in total. The first kappa shape index (κ1) is 27.3. The SMILES string of the molecule is COc1cc2nccc(Oc3ccc(NC(=O)c4cn(C)c(CO)c(-c5ccc(F)cc5)c4=O)cc3)c2nc1OC. The summed E-state index contributed by atoms with van der Waals surface area (Å²) in [4.78, 5) is 35.3. The predicted octanol–water partition coefficient (Wildman–Crippen LogP) is 4.69. The van der Waals surface area contributed by atoms with Crippen LogP contribution in [0.4, 0.5) is 10.1 Å². The van der Waals surface area contributed by atoms with Crippen LogP contribution in [0.1, 0.15) is 16.1 Å². The van der Waals surface area contributed by atoms with Crippen molar-refractivity contribution >= 4 is 22.6 Å². The Hall–Kier alpha value is -5.29. The van der Waals surface area contributed by atoms with Crippen LogP contribution in [0.15, 0.2) is 77.9 Å². The minimum atomic E-state index is -0.641. The molecular weight excluding hydrogens is 531 g/mol. The number of hydrogen-bond donors (Lipinski definition) is 2. The number of aryl methyl sites for hydroxylation is 1. The highest BCUT2D eigenvalue weighted by molar-refractivity contribution is 6.04. The summed E-state index contributed by atoms with van der Waals surface area (Å²) >= 11 is 0. The quantitative estimate of drug-likeness (QED) is 0.282. The minimum absolute atomic E-state index is 0.124. The van der Waals surface area contributed by atoms with E-state index >= 15 is 0 Å². The van der Waals surface area contributed by atoms with Crippen molar-refractivity contribution in [2.45, 2.75) is 6.61 Å². The Labute approximate surface area is 233 Å². The molecule has 0 saturated heterocycles. The van der Waals surface area contributed by atoms with Crippen molar-refractivity contribution < 1.29 is 28.5 Å². The molecule has 0 aliphatic heterocycles. The second kappa shape index (κ2) is 11.4. The molecule has 208 valence electrons. The van der Waals surface area contributed by atoms with E-state index in [-0.39, 0.29) is 17.0 Å². The summed E-state index contributed by atoms with van der Waals surface area (Å²) in [6.45, 7) is -0.440. The van der Waals surface area contributed by atoms with Crippen LogP contribution in [-0.2, 0) is 13.7 Å². The number of nitrogens with zero attached hydrogens (tertiary/aromatic N) is 3. The van der Waals surface area contributed by atoms with Crippen LogP contribution < -0.4 is 25.0 Å². The molecule has 0 saturated carbocycles. The number of hydrogen-bond acceptors (Lipinski definition) is 8. The molecule has 3 aromatic heterocycles. The number of carbonyl (C=O) groups is 1. The average molecular weight is 557 g/mol. The van der Waals surface area contributed by atoms with E-state index in [2.05, 4.69) is 15.3 Å². The number of ether oxygens (including phenoxy) is 3. The van der Waals surface area contributed by atoms with Crippen molar-refractivity contribution in [3.8, 4) is 34.3 Å². The third kappa shape index (κ3) is 5.43. The number of aromatic nitrogens is 3. The molecule has 0 unspecified atom stereocenters. The Morgan fingerprint density at radius 1 is 1.02 bits per heavy atom. The summed E-state index contributed by atoms with van der Waals surface area (Å²) in [5, 5.41) is 12.6. The lowest BCUT2D eigenvalue weighted by molar-refractivity contribution is 0.102. The summed E-state index contributed by atoms with van der Waals surface area (Å²) in [6, 6.07) is 15.2. The lowest BCUT2D eigenvalue weighted by atomic mass is 10.0. The first-order valence-electron chi connectivity index (χ1n) is 12.4. The molecule has 3 heterocycles. The van der Waals surface area contributed by atoms with Gasteiger partial charge in [0.15, 0.2) is 11.5 Å². The van der Waals surface area contributed by atoms with Gasteiger partial charge in [-0.1, -0.05) is 12.1 Å². The van der Waals surface area contributed by atoms with E-state index in [9.17, 15) is 19.1 Å². The van der Waals surface area contributed by atoms with Crippen LogP contribution in [0.25, 0.3) is 22.2 Å². The number of nitrogens with one attached hydrogen (secondary N) is 1. The van der Waals surface area contributed by atoms with Crippen molar-refractivity contribution in [1.29, 1.82) is 0 Å². The fraction of sp³-hybridized carbons (Fsp3) is 0.133. The van der Waals surface area contributed by atoms with Gasteiger partial charge in [-0.2, -0.15) is 0 Å². The van der Waals surface area contributed by atoms with Gasteiger partial charge in [0.05, 0.1) is 37.6 Å². The number of carbonyl (C=O) groups excluding carboxylic acids is 1. The number of methoxy groups -OCH3 is 2. The van der Waals surface area contributed by atoms with Gasteiger partial charge in [0.25, 0.3) is 11.8 Å². The zero-order valence-corrected chi connectivity index (χ0v) is 22.3. The van der Waals surface area contributed by atoms with E-state index < -0.39 is 23.8 Å². The highest BCUT2D eigenvalue weighted by atomic mass is 19.1. The van der Waals surface area contributed by atoms with E-state index in [0.29, 0.717) is 45.2 Å². The summed E-state index contributed by atoms with van der Waals surface area (Å²) in [6.07, 6.45) is 2.95. The van der Waals surface area contributed by atoms with Gasteiger partial charge >= 0.3 is 0 Å². The predicted molar refractivity (Wildman–Crippen MR) is 150 cm³/mol. The maximum atomic E-state index is 13.5. The molecular formula is C30H25FN4O6. The maximum Gasteiger partial charge on any atom is 0.261 e. The van der Waals surface area contributed by atoms with Crippen molar-refractivity contribution in [3.05, 3.63) is 100 Å². The van der Waals surface area contributed by atoms with E-state index in [1.165, 1.54) is 49.2 Å². The van der Waals surface area contributed by atoms with Crippen molar-refractivity contribution in [2.75, 3.05) is 19.5 Å². The molecule has 0 atom stereocenters. The van der Waals surface area contributed by atoms with Crippen molar-refractivity contribution in [2.24, 2.45) is 7.05 Å². The Bertz CT molecular complexity index is 1800. The molecule has 2 aromatic carbocycles. The van der Waals surface area contributed by atoms with Gasteiger partial charge in [0.1, 0.15) is 22.6 Å². The van der Waals surface area contributed by atoms with Gasteiger partial charge in [-0.25, -0.2) is 9.37 Å². The van der Waals surface area contributed by atoms with Crippen molar-refractivity contribution in [1.82, 2.24) is 14.5 Å². The molecule has 0 aliphatic rings. The number of aliphatic hydroxyl groups is 1. The lowest BCUT2D eigenvalue weighted by Crippen LogP contribution is -2.26. The largest absolute Gasteiger partial charge is 0.491 e. The molecule has 0 aliphatic carbocycles. The standard InChI is InChI=1S/C30H25FN4O6/c1-35-15-21(28(37)26(23(35)16-36)17-4-6-18(31)7-5-17)29(38)33-19-8-10-20(11-9-19)41-24-12-13-32-22-14-25(39-2)30(40-3)34-27(22)24/h4-15,36H,16H2,1-3H3,(H,33,38). The number of benzene rings is 2. The molecule has 2 N–H and O–H groups in total. The summed E-state index contributed by atoms with van der Waals surface area (Å²) < 4.78 is 31.6. The van der Waals surface area contributed by atoms with Crippen LogP contribution in [0.3, 0.4) is 0 Å². The fourth-order valence-corrected chi connectivity index (χ4v) is 4.36. The van der Waals surface area contributed by atoms with Crippen LogP contribution in [0.2, 0.25) is 0 Å². The van der Waals surface area contributed by atoms with Crippen LogP contribution in [0.5, 0.6) is 23.1 Å². The van der Waals surface area contributed by atoms with Gasteiger partial charge in [-0.3, -0.25) is 14.6 Å². The number of halogens is 1.